The van der Waals surface area contributed by atoms with Crippen molar-refractivity contribution in [3.8, 4) is 0 Å². The fourth-order valence-electron chi connectivity index (χ4n) is 1.30. The predicted octanol–water partition coefficient (Wildman–Crippen LogP) is 2.53. The first-order valence-electron chi connectivity index (χ1n) is 5.00. The minimum atomic E-state index is 0.281. The molecule has 1 aromatic rings. The molecule has 0 fully saturated rings. The normalized spacial score (nSPS) is 10.5. The van der Waals surface area contributed by atoms with Crippen molar-refractivity contribution < 1.29 is 4.79 Å². The molecular weight excluding hydrogens is 192 g/mol. The van der Waals surface area contributed by atoms with Crippen molar-refractivity contribution in [3.63, 3.8) is 0 Å². The standard InChI is InChI=1S/C12H17OS/c1-3-14(4-2)10-12(13)11-8-6-5-7-9-11/h5-9H,3-4,10H2,1-2H3/q+1. The number of hydrogen-bond donors (Lipinski definition) is 0. The fraction of sp³-hybridized carbons (Fsp3) is 0.417. The van der Waals surface area contributed by atoms with Crippen LogP contribution < -0.4 is 0 Å². The van der Waals surface area contributed by atoms with Crippen molar-refractivity contribution in [3.05, 3.63) is 35.9 Å². The van der Waals surface area contributed by atoms with E-state index in [9.17, 15) is 4.79 Å². The van der Waals surface area contributed by atoms with Crippen molar-refractivity contribution in [1.29, 1.82) is 0 Å². The van der Waals surface area contributed by atoms with E-state index >= 15 is 0 Å². The van der Waals surface area contributed by atoms with Gasteiger partial charge in [-0.05, 0) is 24.7 Å². The Balaban J connectivity index is 2.59. The fourth-order valence-corrected chi connectivity index (χ4v) is 2.65. The molecule has 0 saturated heterocycles. The monoisotopic (exact) mass is 209 g/mol. The van der Waals surface area contributed by atoms with Gasteiger partial charge in [0.2, 0.25) is 5.78 Å². The van der Waals surface area contributed by atoms with Gasteiger partial charge in [0.25, 0.3) is 0 Å². The van der Waals surface area contributed by atoms with Gasteiger partial charge in [0.05, 0.1) is 0 Å². The number of carbonyl (C=O) groups is 1. The second kappa shape index (κ2) is 5.86. The molecule has 0 aliphatic heterocycles. The molecule has 0 spiro atoms. The minimum absolute atomic E-state index is 0.281. The molecule has 2 heteroatoms. The molecule has 0 aromatic heterocycles. The van der Waals surface area contributed by atoms with Crippen LogP contribution in [0.15, 0.2) is 30.3 Å². The Bertz CT molecular complexity index is 278. The summed E-state index contributed by atoms with van der Waals surface area (Å²) in [6, 6.07) is 9.58. The number of benzene rings is 1. The average Bonchev–Trinajstić information content (AvgIpc) is 2.26. The molecule has 0 atom stereocenters. The Hall–Kier alpha value is -0.760. The van der Waals surface area contributed by atoms with Crippen molar-refractivity contribution >= 4 is 16.7 Å². The summed E-state index contributed by atoms with van der Waals surface area (Å²) in [6.07, 6.45) is 0. The Morgan fingerprint density at radius 1 is 1.14 bits per heavy atom. The first-order valence-corrected chi connectivity index (χ1v) is 6.73. The highest BCUT2D eigenvalue weighted by Crippen LogP contribution is 2.04. The molecule has 1 nitrogen and oxygen atoms in total. The van der Waals surface area contributed by atoms with E-state index in [0.29, 0.717) is 0 Å². The first-order chi connectivity index (χ1) is 6.77. The maximum Gasteiger partial charge on any atom is 0.211 e. The molecule has 76 valence electrons. The van der Waals surface area contributed by atoms with E-state index in [1.165, 1.54) is 0 Å². The molecule has 0 amide bonds. The molecule has 0 N–H and O–H groups in total. The average molecular weight is 209 g/mol. The molecule has 14 heavy (non-hydrogen) atoms. The molecule has 0 saturated carbocycles. The summed E-state index contributed by atoms with van der Waals surface area (Å²) in [5, 5.41) is 0. The summed E-state index contributed by atoms with van der Waals surface area (Å²) >= 11 is 0. The van der Waals surface area contributed by atoms with Gasteiger partial charge in [-0.1, -0.05) is 30.3 Å². The summed E-state index contributed by atoms with van der Waals surface area (Å²) in [5.74, 6) is 3.25. The van der Waals surface area contributed by atoms with Crippen LogP contribution in [0.3, 0.4) is 0 Å². The van der Waals surface area contributed by atoms with Gasteiger partial charge in [0.15, 0.2) is 5.75 Å². The summed E-state index contributed by atoms with van der Waals surface area (Å²) in [5.41, 5.74) is 0.854. The highest BCUT2D eigenvalue weighted by atomic mass is 32.2. The molecule has 0 heterocycles. The zero-order valence-electron chi connectivity index (χ0n) is 8.82. The number of rotatable bonds is 5. The van der Waals surface area contributed by atoms with Crippen LogP contribution in [-0.4, -0.2) is 23.0 Å². The van der Waals surface area contributed by atoms with Crippen molar-refractivity contribution in [2.75, 3.05) is 17.3 Å². The predicted molar refractivity (Wildman–Crippen MR) is 64.1 cm³/mol. The molecule has 0 radical (unpaired) electrons. The number of carbonyl (C=O) groups excluding carboxylic acids is 1. The number of ketones is 1. The number of hydrogen-bond acceptors (Lipinski definition) is 1. The van der Waals surface area contributed by atoms with Gasteiger partial charge in [-0.2, -0.15) is 0 Å². The van der Waals surface area contributed by atoms with Crippen molar-refractivity contribution in [2.24, 2.45) is 0 Å². The third-order valence-electron chi connectivity index (χ3n) is 2.25. The van der Waals surface area contributed by atoms with Gasteiger partial charge in [-0.25, -0.2) is 0 Å². The van der Waals surface area contributed by atoms with Crippen LogP contribution in [0.2, 0.25) is 0 Å². The topological polar surface area (TPSA) is 17.1 Å². The molecule has 0 aliphatic rings. The minimum Gasteiger partial charge on any atom is -0.289 e. The van der Waals surface area contributed by atoms with E-state index in [2.05, 4.69) is 13.8 Å². The summed E-state index contributed by atoms with van der Waals surface area (Å²) < 4.78 is 0. The smallest absolute Gasteiger partial charge is 0.211 e. The summed E-state index contributed by atoms with van der Waals surface area (Å²) in [7, 11) is 0.281. The highest BCUT2D eigenvalue weighted by Gasteiger charge is 2.18. The van der Waals surface area contributed by atoms with Crippen LogP contribution >= 0.6 is 0 Å². The lowest BCUT2D eigenvalue weighted by atomic mass is 10.2. The Morgan fingerprint density at radius 2 is 1.71 bits per heavy atom. The first kappa shape index (κ1) is 11.3. The van der Waals surface area contributed by atoms with Crippen LogP contribution in [0.4, 0.5) is 0 Å². The highest BCUT2D eigenvalue weighted by molar-refractivity contribution is 7.97. The zero-order chi connectivity index (χ0) is 10.4. The Labute approximate surface area is 88.9 Å². The molecule has 0 bridgehead atoms. The van der Waals surface area contributed by atoms with E-state index in [-0.39, 0.29) is 16.7 Å². The Morgan fingerprint density at radius 3 is 2.21 bits per heavy atom. The lowest BCUT2D eigenvalue weighted by molar-refractivity contribution is 0.102. The van der Waals surface area contributed by atoms with E-state index in [4.69, 9.17) is 0 Å². The van der Waals surface area contributed by atoms with Gasteiger partial charge >= 0.3 is 0 Å². The third-order valence-corrected chi connectivity index (χ3v) is 4.55. The molecule has 1 aromatic carbocycles. The van der Waals surface area contributed by atoms with Gasteiger partial charge in [0, 0.05) is 5.56 Å². The summed E-state index contributed by atoms with van der Waals surface area (Å²) in [6.45, 7) is 4.32. The van der Waals surface area contributed by atoms with E-state index in [1.54, 1.807) is 0 Å². The van der Waals surface area contributed by atoms with E-state index in [0.717, 1.165) is 22.8 Å². The maximum atomic E-state index is 11.8. The lowest BCUT2D eigenvalue weighted by Crippen LogP contribution is -2.20. The van der Waals surface area contributed by atoms with Crippen molar-refractivity contribution in [2.45, 2.75) is 13.8 Å². The van der Waals surface area contributed by atoms with Crippen LogP contribution in [0.25, 0.3) is 0 Å². The van der Waals surface area contributed by atoms with Crippen LogP contribution in [0.5, 0.6) is 0 Å². The second-order valence-electron chi connectivity index (χ2n) is 3.12. The molecular formula is C12H17OS+. The van der Waals surface area contributed by atoms with Crippen LogP contribution in [0.1, 0.15) is 24.2 Å². The van der Waals surface area contributed by atoms with Gasteiger partial charge in [-0.3, -0.25) is 4.79 Å². The molecule has 1 rings (SSSR count). The largest absolute Gasteiger partial charge is 0.289 e. The molecule has 0 aliphatic carbocycles. The van der Waals surface area contributed by atoms with Gasteiger partial charge < -0.3 is 0 Å². The van der Waals surface area contributed by atoms with Crippen LogP contribution in [-0.2, 0) is 10.9 Å². The number of Topliss-reactive ketones (excluding diaryl/α,β-unsaturated/α-hetero) is 1. The maximum absolute atomic E-state index is 11.8. The van der Waals surface area contributed by atoms with E-state index in [1.807, 2.05) is 30.3 Å². The van der Waals surface area contributed by atoms with Crippen molar-refractivity contribution in [1.82, 2.24) is 0 Å². The SMILES string of the molecule is CC[S+](CC)CC(=O)c1ccccc1. The van der Waals surface area contributed by atoms with Gasteiger partial charge in [0.1, 0.15) is 11.5 Å². The Kier molecular flexibility index (Phi) is 4.74. The lowest BCUT2D eigenvalue weighted by Gasteiger charge is -2.02. The van der Waals surface area contributed by atoms with E-state index < -0.39 is 0 Å². The zero-order valence-corrected chi connectivity index (χ0v) is 9.64. The second-order valence-corrected chi connectivity index (χ2v) is 5.79. The molecule has 0 unspecified atom stereocenters. The van der Waals surface area contributed by atoms with Crippen LogP contribution in [0, 0.1) is 0 Å². The van der Waals surface area contributed by atoms with Gasteiger partial charge in [-0.15, -0.1) is 0 Å². The quantitative estimate of drug-likeness (QED) is 0.538. The third kappa shape index (κ3) is 3.18. The summed E-state index contributed by atoms with van der Waals surface area (Å²) in [4.78, 5) is 11.8.